The lowest BCUT2D eigenvalue weighted by molar-refractivity contribution is -0.137. The Labute approximate surface area is 250 Å². The topological polar surface area (TPSA) is 78.8 Å². The number of carbonyl (C=O) groups excluding carboxylic acids is 3. The fourth-order valence-electron chi connectivity index (χ4n) is 5.48. The molecule has 0 N–H and O–H groups in total. The van der Waals surface area contributed by atoms with Gasteiger partial charge in [0.15, 0.2) is 0 Å². The number of hydrogen-bond donors (Lipinski definition) is 0. The first-order chi connectivity index (χ1) is 19.5. The first-order valence-corrected chi connectivity index (χ1v) is 15.3. The minimum absolute atomic E-state index is 0.00363. The van der Waals surface area contributed by atoms with Crippen LogP contribution in [-0.2, 0) is 19.8 Å². The van der Waals surface area contributed by atoms with Crippen molar-refractivity contribution in [2.45, 2.75) is 45.3 Å². The van der Waals surface area contributed by atoms with Crippen molar-refractivity contribution in [1.82, 2.24) is 19.6 Å². The summed E-state index contributed by atoms with van der Waals surface area (Å²) in [5.74, 6) is 0.497. The zero-order chi connectivity index (χ0) is 29.5. The van der Waals surface area contributed by atoms with Crippen molar-refractivity contribution in [3.63, 3.8) is 0 Å². The molecule has 5 rings (SSSR count). The molecule has 10 heteroatoms. The normalized spacial score (nSPS) is 17.9. The number of hydrogen-bond acceptors (Lipinski definition) is 5. The van der Waals surface area contributed by atoms with E-state index in [1.54, 1.807) is 21.6 Å². The maximum atomic E-state index is 13.9. The summed E-state index contributed by atoms with van der Waals surface area (Å²) in [7, 11) is 0. The highest BCUT2D eigenvalue weighted by molar-refractivity contribution is 8.00. The maximum Gasteiger partial charge on any atom is 0.242 e. The summed E-state index contributed by atoms with van der Waals surface area (Å²) in [6, 6.07) is 15.7. The Kier molecular flexibility index (Phi) is 8.21. The monoisotopic (exact) mass is 593 g/mol. The number of amides is 3. The minimum Gasteiger partial charge on any atom is -0.339 e. The van der Waals surface area contributed by atoms with Crippen LogP contribution in [0.25, 0.3) is 5.69 Å². The average Bonchev–Trinajstić information content (AvgIpc) is 3.27. The number of thioether (sulfide) groups is 1. The van der Waals surface area contributed by atoms with Gasteiger partial charge in [-0.15, -0.1) is 11.8 Å². The molecule has 41 heavy (non-hydrogen) atoms. The third-order valence-electron chi connectivity index (χ3n) is 7.70. The molecule has 0 bridgehead atoms. The van der Waals surface area contributed by atoms with Crippen molar-refractivity contribution in [1.29, 1.82) is 0 Å². The van der Waals surface area contributed by atoms with E-state index < -0.39 is 0 Å². The van der Waals surface area contributed by atoms with E-state index in [-0.39, 0.29) is 40.7 Å². The number of fused-ring (bicyclic) bond motifs is 1. The van der Waals surface area contributed by atoms with E-state index in [2.05, 4.69) is 20.8 Å². The molecule has 0 spiro atoms. The van der Waals surface area contributed by atoms with Crippen molar-refractivity contribution in [2.75, 3.05) is 43.4 Å². The Morgan fingerprint density at radius 2 is 1.63 bits per heavy atom. The highest BCUT2D eigenvalue weighted by Crippen LogP contribution is 2.49. The van der Waals surface area contributed by atoms with Gasteiger partial charge >= 0.3 is 0 Å². The van der Waals surface area contributed by atoms with Crippen LogP contribution >= 0.6 is 23.4 Å². The Bertz CT molecular complexity index is 1490. The quantitative estimate of drug-likeness (QED) is 0.426. The van der Waals surface area contributed by atoms with Crippen LogP contribution in [0, 0.1) is 6.92 Å². The lowest BCUT2D eigenvalue weighted by Crippen LogP contribution is -2.53. The van der Waals surface area contributed by atoms with Crippen molar-refractivity contribution < 1.29 is 14.4 Å². The van der Waals surface area contributed by atoms with Crippen LogP contribution in [0.4, 0.5) is 5.82 Å². The van der Waals surface area contributed by atoms with Gasteiger partial charge in [0, 0.05) is 49.1 Å². The molecule has 3 heterocycles. The highest BCUT2D eigenvalue weighted by atomic mass is 35.5. The van der Waals surface area contributed by atoms with E-state index in [1.807, 2.05) is 60.1 Å². The lowest BCUT2D eigenvalue weighted by atomic mass is 9.87. The van der Waals surface area contributed by atoms with Crippen molar-refractivity contribution in [3.05, 3.63) is 75.9 Å². The van der Waals surface area contributed by atoms with Crippen LogP contribution in [0.3, 0.4) is 0 Å². The van der Waals surface area contributed by atoms with Gasteiger partial charge in [-0.1, -0.05) is 68.8 Å². The number of piperazine rings is 1. The van der Waals surface area contributed by atoms with Gasteiger partial charge in [-0.05, 0) is 30.2 Å². The Hall–Kier alpha value is -3.30. The molecular weight excluding hydrogens is 558 g/mol. The SMILES string of the molecule is CC(=O)N1CCN(C(=O)CN2C(=O)CSC(c3ccccc3Cl)c3c(C(C)(C)C)nn(-c4ccccc4C)c32)CC1. The molecule has 1 atom stereocenters. The number of nitrogens with zero attached hydrogens (tertiary/aromatic N) is 5. The Morgan fingerprint density at radius 3 is 2.27 bits per heavy atom. The van der Waals surface area contributed by atoms with Gasteiger partial charge in [0.1, 0.15) is 12.4 Å². The minimum atomic E-state index is -0.357. The zero-order valence-corrected chi connectivity index (χ0v) is 25.8. The number of anilines is 1. The number of aromatic nitrogens is 2. The van der Waals surface area contributed by atoms with E-state index >= 15 is 0 Å². The van der Waals surface area contributed by atoms with Gasteiger partial charge in [0.25, 0.3) is 0 Å². The van der Waals surface area contributed by atoms with Crippen LogP contribution < -0.4 is 4.90 Å². The van der Waals surface area contributed by atoms with Crippen LogP contribution in [0.2, 0.25) is 5.02 Å². The summed E-state index contributed by atoms with van der Waals surface area (Å²) >= 11 is 8.27. The molecular formula is C31H36ClN5O3S. The van der Waals surface area contributed by atoms with Gasteiger partial charge in [-0.3, -0.25) is 19.3 Å². The summed E-state index contributed by atoms with van der Waals surface area (Å²) < 4.78 is 1.85. The molecule has 3 aromatic rings. The molecule has 1 saturated heterocycles. The van der Waals surface area contributed by atoms with E-state index in [9.17, 15) is 14.4 Å². The van der Waals surface area contributed by atoms with Gasteiger partial charge in [0.2, 0.25) is 17.7 Å². The van der Waals surface area contributed by atoms with Gasteiger partial charge < -0.3 is 9.80 Å². The zero-order valence-electron chi connectivity index (χ0n) is 24.2. The molecule has 1 aromatic heterocycles. The average molecular weight is 594 g/mol. The van der Waals surface area contributed by atoms with Crippen molar-refractivity contribution in [2.24, 2.45) is 0 Å². The highest BCUT2D eigenvalue weighted by Gasteiger charge is 2.41. The number of benzene rings is 2. The third kappa shape index (κ3) is 5.75. The predicted molar refractivity (Wildman–Crippen MR) is 164 cm³/mol. The van der Waals surface area contributed by atoms with E-state index in [0.29, 0.717) is 37.0 Å². The molecule has 0 radical (unpaired) electrons. The third-order valence-corrected chi connectivity index (χ3v) is 9.28. The first kappa shape index (κ1) is 29.2. The second kappa shape index (κ2) is 11.5. The lowest BCUT2D eigenvalue weighted by Gasteiger charge is -2.35. The molecule has 8 nitrogen and oxygen atoms in total. The number of carbonyl (C=O) groups is 3. The fraction of sp³-hybridized carbons (Fsp3) is 0.419. The second-order valence-electron chi connectivity index (χ2n) is 11.6. The van der Waals surface area contributed by atoms with Crippen LogP contribution in [0.5, 0.6) is 0 Å². The fourth-order valence-corrected chi connectivity index (χ4v) is 7.02. The maximum absolute atomic E-state index is 13.9. The summed E-state index contributed by atoms with van der Waals surface area (Å²) in [4.78, 5) is 44.6. The van der Waals surface area contributed by atoms with Crippen LogP contribution in [-0.4, -0.2) is 75.8 Å². The summed E-state index contributed by atoms with van der Waals surface area (Å²) in [6.45, 7) is 11.6. The molecule has 0 saturated carbocycles. The van der Waals surface area contributed by atoms with Crippen molar-refractivity contribution >= 4 is 46.9 Å². The Balaban J connectivity index is 1.67. The number of halogens is 1. The summed E-state index contributed by atoms with van der Waals surface area (Å²) in [5.41, 5.74) is 4.17. The molecule has 2 aromatic carbocycles. The number of aryl methyl sites for hydroxylation is 1. The second-order valence-corrected chi connectivity index (χ2v) is 13.1. The van der Waals surface area contributed by atoms with Crippen LogP contribution in [0.1, 0.15) is 55.3 Å². The largest absolute Gasteiger partial charge is 0.339 e. The van der Waals surface area contributed by atoms with E-state index in [0.717, 1.165) is 28.1 Å². The van der Waals surface area contributed by atoms with E-state index in [4.69, 9.17) is 16.7 Å². The molecule has 0 aliphatic carbocycles. The molecule has 216 valence electrons. The predicted octanol–water partition coefficient (Wildman–Crippen LogP) is 4.99. The van der Waals surface area contributed by atoms with Gasteiger partial charge in [0.05, 0.1) is 22.4 Å². The number of para-hydroxylation sites is 1. The molecule has 2 aliphatic rings. The molecule has 1 unspecified atom stereocenters. The van der Waals surface area contributed by atoms with E-state index in [1.165, 1.54) is 11.8 Å². The standard InChI is InChI=1S/C31H36ClN5O3S/c1-20-10-6-9-13-24(20)37-30-27(29(33-37)31(3,4)5)28(22-11-7-8-12-23(22)32)41-19-26(40)36(30)18-25(39)35-16-14-34(15-17-35)21(2)38/h6-13,28H,14-19H2,1-5H3. The van der Waals surface area contributed by atoms with Crippen LogP contribution in [0.15, 0.2) is 48.5 Å². The van der Waals surface area contributed by atoms with Crippen molar-refractivity contribution in [3.8, 4) is 5.69 Å². The molecule has 2 aliphatic heterocycles. The van der Waals surface area contributed by atoms with Gasteiger partial charge in [-0.2, -0.15) is 5.10 Å². The number of rotatable bonds is 4. The molecule has 1 fully saturated rings. The summed E-state index contributed by atoms with van der Waals surface area (Å²) in [5, 5.41) is 5.54. The smallest absolute Gasteiger partial charge is 0.242 e. The Morgan fingerprint density at radius 1 is 1.00 bits per heavy atom. The summed E-state index contributed by atoms with van der Waals surface area (Å²) in [6.07, 6.45) is 0. The molecule has 3 amide bonds. The van der Waals surface area contributed by atoms with Gasteiger partial charge in [-0.25, -0.2) is 4.68 Å². The first-order valence-electron chi connectivity index (χ1n) is 13.9.